The number of aryl methyl sites for hydroxylation is 1. The molecule has 1 aliphatic heterocycles. The van der Waals surface area contributed by atoms with Crippen molar-refractivity contribution in [2.45, 2.75) is 33.4 Å². The van der Waals surface area contributed by atoms with E-state index in [0.29, 0.717) is 23.8 Å². The maximum Gasteiger partial charge on any atom is 0.295 e. The van der Waals surface area contributed by atoms with E-state index < -0.39 is 17.7 Å². The minimum absolute atomic E-state index is 0.0657. The molecular formula is C28H27BrN2O4. The molecule has 6 nitrogen and oxygen atoms in total. The highest BCUT2D eigenvalue weighted by atomic mass is 79.9. The van der Waals surface area contributed by atoms with Crippen LogP contribution in [0.2, 0.25) is 0 Å². The summed E-state index contributed by atoms with van der Waals surface area (Å²) in [6, 6.07) is 15.6. The number of halogens is 1. The average Bonchev–Trinajstić information content (AvgIpc) is 3.08. The molecule has 2 aromatic carbocycles. The van der Waals surface area contributed by atoms with Crippen LogP contribution >= 0.6 is 15.9 Å². The van der Waals surface area contributed by atoms with Crippen LogP contribution in [0.25, 0.3) is 5.76 Å². The number of aromatic nitrogens is 1. The van der Waals surface area contributed by atoms with Crippen LogP contribution in [0.4, 0.5) is 0 Å². The van der Waals surface area contributed by atoms with Gasteiger partial charge in [0.25, 0.3) is 11.7 Å². The summed E-state index contributed by atoms with van der Waals surface area (Å²) in [6.45, 7) is 6.75. The topological polar surface area (TPSA) is 79.7 Å². The van der Waals surface area contributed by atoms with Crippen molar-refractivity contribution in [3.63, 3.8) is 0 Å². The monoisotopic (exact) mass is 534 g/mol. The molecule has 0 bridgehead atoms. The summed E-state index contributed by atoms with van der Waals surface area (Å²) in [5, 5.41) is 11.4. The number of ether oxygens (including phenoxy) is 1. The van der Waals surface area contributed by atoms with Crippen LogP contribution in [0, 0.1) is 12.8 Å². The number of carbonyl (C=O) groups excluding carboxylic acids is 2. The average molecular weight is 535 g/mol. The molecule has 1 N–H and O–H groups in total. The summed E-state index contributed by atoms with van der Waals surface area (Å²) in [5.74, 6) is -0.501. The van der Waals surface area contributed by atoms with Crippen molar-refractivity contribution >= 4 is 33.4 Å². The standard InChI is InChI=1S/C28H27BrN2O4/c1-17(2)16-35-22-9-10-23(18(3)12-22)26(32)24-25(20-7-4-8-21(29)13-20)31(28(34)27(24)33)15-19-6-5-11-30-14-19/h4-14,17,25,32H,15-16H2,1-3H3/b26-24+. The Labute approximate surface area is 213 Å². The lowest BCUT2D eigenvalue weighted by Crippen LogP contribution is -2.29. The van der Waals surface area contributed by atoms with Gasteiger partial charge in [0, 0.05) is 29.0 Å². The Morgan fingerprint density at radius 3 is 2.60 bits per heavy atom. The Morgan fingerprint density at radius 1 is 1.14 bits per heavy atom. The van der Waals surface area contributed by atoms with Gasteiger partial charge in [0.15, 0.2) is 0 Å². The van der Waals surface area contributed by atoms with Crippen LogP contribution in [0.15, 0.2) is 77.0 Å². The number of aliphatic hydroxyl groups is 1. The number of pyridine rings is 1. The summed E-state index contributed by atoms with van der Waals surface area (Å²) >= 11 is 3.48. The number of benzene rings is 2. The molecule has 1 aliphatic rings. The second kappa shape index (κ2) is 10.4. The number of likely N-dealkylation sites (tertiary alicyclic amines) is 1. The highest BCUT2D eigenvalue weighted by molar-refractivity contribution is 9.10. The number of carbonyl (C=O) groups is 2. The lowest BCUT2D eigenvalue weighted by molar-refractivity contribution is -0.140. The van der Waals surface area contributed by atoms with Crippen molar-refractivity contribution in [2.75, 3.05) is 6.61 Å². The Balaban J connectivity index is 1.80. The molecule has 1 unspecified atom stereocenters. The van der Waals surface area contributed by atoms with E-state index in [1.807, 2.05) is 43.3 Å². The van der Waals surface area contributed by atoms with Gasteiger partial charge in [-0.15, -0.1) is 0 Å². The van der Waals surface area contributed by atoms with E-state index in [2.05, 4.69) is 34.8 Å². The highest BCUT2D eigenvalue weighted by Gasteiger charge is 2.46. The lowest BCUT2D eigenvalue weighted by Gasteiger charge is -2.25. The van der Waals surface area contributed by atoms with Gasteiger partial charge in [-0.3, -0.25) is 14.6 Å². The summed E-state index contributed by atoms with van der Waals surface area (Å²) in [5.41, 5.74) is 2.81. The Morgan fingerprint density at radius 2 is 1.94 bits per heavy atom. The van der Waals surface area contributed by atoms with Gasteiger partial charge >= 0.3 is 0 Å². The SMILES string of the molecule is Cc1cc(OCC(C)C)ccc1/C(O)=C1\C(=O)C(=O)N(Cc2cccnc2)C1c1cccc(Br)c1. The van der Waals surface area contributed by atoms with E-state index in [1.165, 1.54) is 4.90 Å². The maximum absolute atomic E-state index is 13.3. The van der Waals surface area contributed by atoms with E-state index in [-0.39, 0.29) is 17.9 Å². The predicted molar refractivity (Wildman–Crippen MR) is 138 cm³/mol. The van der Waals surface area contributed by atoms with E-state index in [9.17, 15) is 14.7 Å². The Kier molecular flexibility index (Phi) is 7.36. The van der Waals surface area contributed by atoms with Gasteiger partial charge in [-0.1, -0.05) is 48.0 Å². The molecule has 4 rings (SSSR count). The molecular weight excluding hydrogens is 508 g/mol. The molecule has 180 valence electrons. The normalized spacial score (nSPS) is 17.3. The van der Waals surface area contributed by atoms with Gasteiger partial charge in [-0.05, 0) is 65.9 Å². The van der Waals surface area contributed by atoms with Crippen molar-refractivity contribution in [3.05, 3.63) is 99.3 Å². The van der Waals surface area contributed by atoms with Crippen molar-refractivity contribution in [1.29, 1.82) is 0 Å². The Bertz CT molecular complexity index is 1290. The zero-order valence-electron chi connectivity index (χ0n) is 19.9. The summed E-state index contributed by atoms with van der Waals surface area (Å²) in [7, 11) is 0. The van der Waals surface area contributed by atoms with Gasteiger partial charge in [-0.2, -0.15) is 0 Å². The summed E-state index contributed by atoms with van der Waals surface area (Å²) in [6.07, 6.45) is 3.32. The van der Waals surface area contributed by atoms with Crippen LogP contribution < -0.4 is 4.74 Å². The number of aliphatic hydroxyl groups excluding tert-OH is 1. The first-order chi connectivity index (χ1) is 16.8. The predicted octanol–water partition coefficient (Wildman–Crippen LogP) is 5.81. The molecule has 0 radical (unpaired) electrons. The third kappa shape index (κ3) is 5.30. The number of hydrogen-bond donors (Lipinski definition) is 1. The van der Waals surface area contributed by atoms with Crippen molar-refractivity contribution < 1.29 is 19.4 Å². The van der Waals surface area contributed by atoms with Gasteiger partial charge in [0.2, 0.25) is 0 Å². The molecule has 1 amide bonds. The van der Waals surface area contributed by atoms with Crippen molar-refractivity contribution in [3.8, 4) is 5.75 Å². The summed E-state index contributed by atoms with van der Waals surface area (Å²) < 4.78 is 6.61. The number of hydrogen-bond acceptors (Lipinski definition) is 5. The van der Waals surface area contributed by atoms with E-state index in [4.69, 9.17) is 4.74 Å². The first-order valence-corrected chi connectivity index (χ1v) is 12.2. The minimum Gasteiger partial charge on any atom is -0.507 e. The zero-order chi connectivity index (χ0) is 25.1. The van der Waals surface area contributed by atoms with Gasteiger partial charge in [-0.25, -0.2) is 0 Å². The van der Waals surface area contributed by atoms with Crippen LogP contribution in [-0.2, 0) is 16.1 Å². The van der Waals surface area contributed by atoms with E-state index in [0.717, 1.165) is 21.2 Å². The first kappa shape index (κ1) is 24.7. The van der Waals surface area contributed by atoms with Crippen LogP contribution in [0.3, 0.4) is 0 Å². The largest absolute Gasteiger partial charge is 0.507 e. The molecule has 1 atom stereocenters. The summed E-state index contributed by atoms with van der Waals surface area (Å²) in [4.78, 5) is 32.1. The van der Waals surface area contributed by atoms with Crippen molar-refractivity contribution in [2.24, 2.45) is 5.92 Å². The fraction of sp³-hybridized carbons (Fsp3) is 0.250. The van der Waals surface area contributed by atoms with Crippen LogP contribution in [0.1, 0.15) is 42.1 Å². The molecule has 0 aliphatic carbocycles. The molecule has 7 heteroatoms. The fourth-order valence-corrected chi connectivity index (χ4v) is 4.57. The molecule has 0 spiro atoms. The van der Waals surface area contributed by atoms with Crippen molar-refractivity contribution in [1.82, 2.24) is 9.88 Å². The molecule has 1 saturated heterocycles. The number of Topliss-reactive ketones (excluding diaryl/α,β-unsaturated/α-hetero) is 1. The lowest BCUT2D eigenvalue weighted by atomic mass is 9.94. The first-order valence-electron chi connectivity index (χ1n) is 11.4. The second-order valence-corrected chi connectivity index (χ2v) is 9.94. The maximum atomic E-state index is 13.3. The molecule has 2 heterocycles. The molecule has 3 aromatic rings. The van der Waals surface area contributed by atoms with Crippen LogP contribution in [-0.4, -0.2) is 33.3 Å². The van der Waals surface area contributed by atoms with Gasteiger partial charge in [0.1, 0.15) is 11.5 Å². The van der Waals surface area contributed by atoms with E-state index >= 15 is 0 Å². The van der Waals surface area contributed by atoms with Gasteiger partial charge < -0.3 is 14.7 Å². The quantitative estimate of drug-likeness (QED) is 0.235. The van der Waals surface area contributed by atoms with Crippen LogP contribution in [0.5, 0.6) is 5.75 Å². The Hall–Kier alpha value is -3.45. The number of amides is 1. The van der Waals surface area contributed by atoms with E-state index in [1.54, 1.807) is 30.6 Å². The number of rotatable bonds is 7. The third-order valence-electron chi connectivity index (χ3n) is 5.82. The van der Waals surface area contributed by atoms with Gasteiger partial charge in [0.05, 0.1) is 18.2 Å². The number of ketones is 1. The molecule has 1 aromatic heterocycles. The highest BCUT2D eigenvalue weighted by Crippen LogP contribution is 2.41. The smallest absolute Gasteiger partial charge is 0.295 e. The zero-order valence-corrected chi connectivity index (χ0v) is 21.5. The molecule has 35 heavy (non-hydrogen) atoms. The molecule has 0 saturated carbocycles. The third-order valence-corrected chi connectivity index (χ3v) is 6.31. The fourth-order valence-electron chi connectivity index (χ4n) is 4.15. The number of nitrogens with zero attached hydrogens (tertiary/aromatic N) is 2. The second-order valence-electron chi connectivity index (χ2n) is 9.02. The molecule has 1 fully saturated rings. The minimum atomic E-state index is -0.746.